The minimum absolute atomic E-state index is 0.114. The Morgan fingerprint density at radius 2 is 2.24 bits per heavy atom. The van der Waals surface area contributed by atoms with E-state index in [0.29, 0.717) is 13.2 Å². The van der Waals surface area contributed by atoms with Crippen molar-refractivity contribution in [1.29, 1.82) is 0 Å². The number of benzene rings is 1. The Labute approximate surface area is 125 Å². The molecule has 0 aromatic heterocycles. The van der Waals surface area contributed by atoms with Crippen LogP contribution < -0.4 is 11.1 Å². The lowest BCUT2D eigenvalue weighted by Crippen LogP contribution is -2.43. The first-order chi connectivity index (χ1) is 9.95. The van der Waals surface area contributed by atoms with Crippen LogP contribution in [0.15, 0.2) is 24.3 Å². The van der Waals surface area contributed by atoms with E-state index in [2.05, 4.69) is 5.32 Å². The molecule has 0 spiro atoms. The molecule has 1 rings (SSSR count). The van der Waals surface area contributed by atoms with Crippen LogP contribution in [-0.4, -0.2) is 50.7 Å². The number of nitrogens with zero attached hydrogens (tertiary/aromatic N) is 1. The molecule has 1 aromatic carbocycles. The van der Waals surface area contributed by atoms with E-state index in [1.807, 2.05) is 17.9 Å². The Balaban J connectivity index is 2.70. The minimum Gasteiger partial charge on any atom is -0.383 e. The van der Waals surface area contributed by atoms with Gasteiger partial charge in [-0.05, 0) is 31.7 Å². The maximum atomic E-state index is 13.4. The number of carbonyl (C=O) groups is 1. The summed E-state index contributed by atoms with van der Waals surface area (Å²) in [6.07, 6.45) is 0. The molecule has 5 nitrogen and oxygen atoms in total. The summed E-state index contributed by atoms with van der Waals surface area (Å²) in [5, 5.41) is 2.75. The molecule has 2 atom stereocenters. The maximum absolute atomic E-state index is 13.4. The Kier molecular flexibility index (Phi) is 7.28. The molecule has 3 N–H and O–H groups in total. The second-order valence-corrected chi connectivity index (χ2v) is 5.12. The Hall–Kier alpha value is -1.50. The number of amides is 1. The van der Waals surface area contributed by atoms with Crippen LogP contribution >= 0.6 is 0 Å². The van der Waals surface area contributed by atoms with E-state index in [0.717, 1.165) is 5.56 Å². The number of nitrogens with one attached hydrogen (secondary N) is 1. The van der Waals surface area contributed by atoms with Crippen molar-refractivity contribution >= 4 is 5.91 Å². The third-order valence-corrected chi connectivity index (χ3v) is 3.18. The van der Waals surface area contributed by atoms with Crippen LogP contribution in [0.1, 0.15) is 18.5 Å². The third kappa shape index (κ3) is 5.79. The first-order valence-electron chi connectivity index (χ1n) is 6.92. The van der Waals surface area contributed by atoms with Gasteiger partial charge in [0.2, 0.25) is 5.91 Å². The van der Waals surface area contributed by atoms with Crippen molar-refractivity contribution in [3.05, 3.63) is 35.6 Å². The first-order valence-corrected chi connectivity index (χ1v) is 6.92. The van der Waals surface area contributed by atoms with E-state index in [1.54, 1.807) is 20.2 Å². The van der Waals surface area contributed by atoms with Gasteiger partial charge in [0.05, 0.1) is 13.2 Å². The molecule has 6 heteroatoms. The van der Waals surface area contributed by atoms with Gasteiger partial charge in [-0.3, -0.25) is 9.69 Å². The van der Waals surface area contributed by atoms with Crippen LogP contribution in [-0.2, 0) is 9.53 Å². The van der Waals surface area contributed by atoms with Crippen molar-refractivity contribution in [3.8, 4) is 0 Å². The van der Waals surface area contributed by atoms with E-state index in [9.17, 15) is 9.18 Å². The summed E-state index contributed by atoms with van der Waals surface area (Å²) in [6.45, 7) is 2.96. The highest BCUT2D eigenvalue weighted by molar-refractivity contribution is 5.78. The quantitative estimate of drug-likeness (QED) is 0.700. The molecule has 0 fully saturated rings. The Morgan fingerprint density at radius 3 is 2.81 bits per heavy atom. The molecule has 1 amide bonds. The number of likely N-dealkylation sites (N-methyl/N-ethyl adjacent to an activating group) is 1. The summed E-state index contributed by atoms with van der Waals surface area (Å²) in [5.41, 5.74) is 6.76. The second kappa shape index (κ2) is 8.71. The molecule has 0 aliphatic heterocycles. The number of hydrogen-bond acceptors (Lipinski definition) is 4. The molecular weight excluding hydrogens is 273 g/mol. The third-order valence-electron chi connectivity index (χ3n) is 3.18. The van der Waals surface area contributed by atoms with Gasteiger partial charge in [0.25, 0.3) is 0 Å². The van der Waals surface area contributed by atoms with Crippen LogP contribution in [0, 0.1) is 5.82 Å². The largest absolute Gasteiger partial charge is 0.383 e. The summed E-state index contributed by atoms with van der Waals surface area (Å²) in [7, 11) is 3.38. The molecule has 2 unspecified atom stereocenters. The zero-order valence-electron chi connectivity index (χ0n) is 12.8. The lowest BCUT2D eigenvalue weighted by atomic mass is 9.99. The van der Waals surface area contributed by atoms with E-state index in [-0.39, 0.29) is 30.4 Å². The Morgan fingerprint density at radius 1 is 1.52 bits per heavy atom. The molecule has 0 bridgehead atoms. The number of halogens is 1. The van der Waals surface area contributed by atoms with Crippen molar-refractivity contribution in [2.45, 2.75) is 19.0 Å². The fourth-order valence-corrected chi connectivity index (χ4v) is 2.32. The van der Waals surface area contributed by atoms with Crippen molar-refractivity contribution in [2.24, 2.45) is 5.73 Å². The molecule has 21 heavy (non-hydrogen) atoms. The molecule has 0 heterocycles. The summed E-state index contributed by atoms with van der Waals surface area (Å²) in [4.78, 5) is 13.7. The van der Waals surface area contributed by atoms with Crippen LogP contribution in [0.4, 0.5) is 4.39 Å². The zero-order chi connectivity index (χ0) is 15.8. The van der Waals surface area contributed by atoms with Gasteiger partial charge in [0, 0.05) is 25.7 Å². The summed E-state index contributed by atoms with van der Waals surface area (Å²) < 4.78 is 18.2. The summed E-state index contributed by atoms with van der Waals surface area (Å²) in [5.74, 6) is -0.423. The summed E-state index contributed by atoms with van der Waals surface area (Å²) >= 11 is 0. The highest BCUT2D eigenvalue weighted by atomic mass is 19.1. The van der Waals surface area contributed by atoms with Gasteiger partial charge in [0.1, 0.15) is 5.82 Å². The average molecular weight is 297 g/mol. The fraction of sp³-hybridized carbons (Fsp3) is 0.533. The van der Waals surface area contributed by atoms with E-state index in [1.165, 1.54) is 12.1 Å². The maximum Gasteiger partial charge on any atom is 0.234 e. The van der Waals surface area contributed by atoms with Crippen molar-refractivity contribution in [1.82, 2.24) is 10.2 Å². The van der Waals surface area contributed by atoms with Crippen molar-refractivity contribution in [2.75, 3.05) is 33.9 Å². The molecule has 0 aliphatic carbocycles. The monoisotopic (exact) mass is 297 g/mol. The van der Waals surface area contributed by atoms with E-state index >= 15 is 0 Å². The van der Waals surface area contributed by atoms with Gasteiger partial charge in [-0.2, -0.15) is 0 Å². The lowest BCUT2D eigenvalue weighted by Gasteiger charge is -2.31. The number of carbonyl (C=O) groups excluding carboxylic acids is 1. The number of methoxy groups -OCH3 is 1. The first kappa shape index (κ1) is 17.6. The predicted octanol–water partition coefficient (Wildman–Crippen LogP) is 0.908. The van der Waals surface area contributed by atoms with Crippen LogP contribution in [0.25, 0.3) is 0 Å². The predicted molar refractivity (Wildman–Crippen MR) is 80.3 cm³/mol. The molecule has 0 saturated carbocycles. The normalized spacial score (nSPS) is 14.0. The molecule has 0 saturated heterocycles. The number of rotatable bonds is 8. The van der Waals surface area contributed by atoms with Crippen molar-refractivity contribution in [3.63, 3.8) is 0 Å². The average Bonchev–Trinajstić information content (AvgIpc) is 2.38. The molecule has 0 aliphatic rings. The van der Waals surface area contributed by atoms with Crippen molar-refractivity contribution < 1.29 is 13.9 Å². The van der Waals surface area contributed by atoms with Gasteiger partial charge >= 0.3 is 0 Å². The van der Waals surface area contributed by atoms with Gasteiger partial charge in [-0.25, -0.2) is 4.39 Å². The van der Waals surface area contributed by atoms with E-state index < -0.39 is 0 Å². The molecule has 118 valence electrons. The number of ether oxygens (including phenoxy) is 1. The SMILES string of the molecule is COCCNC(=O)CN(C)C(c1cccc(F)c1)C(C)N. The fourth-order valence-electron chi connectivity index (χ4n) is 2.32. The summed E-state index contributed by atoms with van der Waals surface area (Å²) in [6, 6.07) is 5.84. The molecular formula is C15H24FN3O2. The topological polar surface area (TPSA) is 67.6 Å². The Bertz CT molecular complexity index is 454. The van der Waals surface area contributed by atoms with Gasteiger partial charge in [-0.1, -0.05) is 12.1 Å². The zero-order valence-corrected chi connectivity index (χ0v) is 12.8. The standard InChI is InChI=1S/C15H24FN3O2/c1-11(17)15(12-5-4-6-13(16)9-12)19(2)10-14(20)18-7-8-21-3/h4-6,9,11,15H,7-8,10,17H2,1-3H3,(H,18,20). The van der Waals surface area contributed by atoms with E-state index in [4.69, 9.17) is 10.5 Å². The highest BCUT2D eigenvalue weighted by Crippen LogP contribution is 2.22. The van der Waals surface area contributed by atoms with Gasteiger partial charge < -0.3 is 15.8 Å². The van der Waals surface area contributed by atoms with Gasteiger partial charge in [0.15, 0.2) is 0 Å². The molecule has 0 radical (unpaired) electrons. The van der Waals surface area contributed by atoms with Crippen LogP contribution in [0.3, 0.4) is 0 Å². The van der Waals surface area contributed by atoms with Gasteiger partial charge in [-0.15, -0.1) is 0 Å². The number of nitrogens with two attached hydrogens (primary N) is 1. The second-order valence-electron chi connectivity index (χ2n) is 5.12. The van der Waals surface area contributed by atoms with Crippen LogP contribution in [0.2, 0.25) is 0 Å². The minimum atomic E-state index is -0.309. The highest BCUT2D eigenvalue weighted by Gasteiger charge is 2.23. The van der Waals surface area contributed by atoms with Crippen LogP contribution in [0.5, 0.6) is 0 Å². The number of hydrogen-bond donors (Lipinski definition) is 2. The molecule has 1 aromatic rings. The smallest absolute Gasteiger partial charge is 0.234 e. The lowest BCUT2D eigenvalue weighted by molar-refractivity contribution is -0.122.